The summed E-state index contributed by atoms with van der Waals surface area (Å²) in [6.07, 6.45) is -0.329. The minimum Gasteiger partial charge on any atom is -0.445 e. The van der Waals surface area contributed by atoms with Crippen LogP contribution in [0.3, 0.4) is 0 Å². The van der Waals surface area contributed by atoms with Crippen molar-refractivity contribution < 1.29 is 14.3 Å². The minimum atomic E-state index is -0.803. The number of aromatic amines is 1. The van der Waals surface area contributed by atoms with Crippen LogP contribution in [0, 0.1) is 4.77 Å². The van der Waals surface area contributed by atoms with Gasteiger partial charge in [-0.15, -0.1) is 0 Å². The zero-order chi connectivity index (χ0) is 22.1. The van der Waals surface area contributed by atoms with E-state index in [1.165, 1.54) is 0 Å². The number of carbonyl (C=O) groups is 2. The molecule has 0 bridgehead atoms. The molecule has 3 N–H and O–H groups in total. The van der Waals surface area contributed by atoms with E-state index in [4.69, 9.17) is 17.0 Å². The molecule has 2 amide bonds. The molecule has 9 heteroatoms. The van der Waals surface area contributed by atoms with Crippen molar-refractivity contribution in [2.45, 2.75) is 39.1 Å². The lowest BCUT2D eigenvalue weighted by Crippen LogP contribution is -2.48. The number of aromatic nitrogens is 3. The van der Waals surface area contributed by atoms with Crippen LogP contribution in [0.2, 0.25) is 0 Å². The van der Waals surface area contributed by atoms with Gasteiger partial charge in [0, 0.05) is 13.0 Å². The Morgan fingerprint density at radius 2 is 1.74 bits per heavy atom. The van der Waals surface area contributed by atoms with Crippen LogP contribution in [-0.4, -0.2) is 32.8 Å². The first-order chi connectivity index (χ1) is 15.1. The van der Waals surface area contributed by atoms with Gasteiger partial charge < -0.3 is 19.9 Å². The standard InChI is InChI=1S/C22H25N5O3S/c1-2-27-19(25-26-21(27)31)14-23-20(28)18(13-16-9-5-3-6-10-16)24-22(29)30-15-17-11-7-4-8-12-17/h3-12,18H,2,13-15H2,1H3,(H,23,28)(H,24,29)(H,26,31). The van der Waals surface area contributed by atoms with Crippen LogP contribution in [0.15, 0.2) is 60.7 Å². The Bertz CT molecular complexity index is 1050. The third-order valence-electron chi connectivity index (χ3n) is 4.68. The first kappa shape index (κ1) is 22.2. The van der Waals surface area contributed by atoms with E-state index < -0.39 is 12.1 Å². The van der Waals surface area contributed by atoms with Crippen molar-refractivity contribution in [3.8, 4) is 0 Å². The average Bonchev–Trinajstić information content (AvgIpc) is 3.16. The number of hydrogen-bond donors (Lipinski definition) is 3. The van der Waals surface area contributed by atoms with Gasteiger partial charge in [-0.05, 0) is 30.3 Å². The lowest BCUT2D eigenvalue weighted by Gasteiger charge is -2.18. The normalized spacial score (nSPS) is 11.5. The van der Waals surface area contributed by atoms with Crippen LogP contribution in [0.1, 0.15) is 23.9 Å². The molecule has 8 nitrogen and oxygen atoms in total. The van der Waals surface area contributed by atoms with Crippen LogP contribution in [0.25, 0.3) is 0 Å². The number of hydrogen-bond acceptors (Lipinski definition) is 5. The Morgan fingerprint density at radius 1 is 1.10 bits per heavy atom. The molecule has 1 aromatic heterocycles. The van der Waals surface area contributed by atoms with E-state index in [0.717, 1.165) is 11.1 Å². The molecule has 1 unspecified atom stereocenters. The van der Waals surface area contributed by atoms with E-state index in [-0.39, 0.29) is 19.1 Å². The number of H-pyrrole nitrogens is 1. The van der Waals surface area contributed by atoms with E-state index in [1.807, 2.05) is 67.6 Å². The van der Waals surface area contributed by atoms with Gasteiger partial charge in [-0.1, -0.05) is 60.7 Å². The molecule has 0 aliphatic rings. The van der Waals surface area contributed by atoms with E-state index in [0.29, 0.717) is 23.6 Å². The first-order valence-corrected chi connectivity index (χ1v) is 10.4. The zero-order valence-corrected chi connectivity index (χ0v) is 18.0. The molecule has 0 aliphatic carbocycles. The van der Waals surface area contributed by atoms with Gasteiger partial charge in [0.1, 0.15) is 12.6 Å². The molecule has 2 aromatic carbocycles. The first-order valence-electron chi connectivity index (χ1n) is 9.99. The Kier molecular flexibility index (Phi) is 7.94. The number of nitrogens with zero attached hydrogens (tertiary/aromatic N) is 2. The highest BCUT2D eigenvalue weighted by Crippen LogP contribution is 2.06. The van der Waals surface area contributed by atoms with Crippen molar-refractivity contribution in [3.63, 3.8) is 0 Å². The molecule has 3 rings (SSSR count). The monoisotopic (exact) mass is 439 g/mol. The number of carbonyl (C=O) groups excluding carboxylic acids is 2. The molecule has 0 spiro atoms. The summed E-state index contributed by atoms with van der Waals surface area (Å²) in [6.45, 7) is 2.89. The van der Waals surface area contributed by atoms with E-state index in [1.54, 1.807) is 4.57 Å². The highest BCUT2D eigenvalue weighted by atomic mass is 32.1. The Balaban J connectivity index is 1.64. The Morgan fingerprint density at radius 3 is 2.39 bits per heavy atom. The van der Waals surface area contributed by atoms with Crippen molar-refractivity contribution >= 4 is 24.2 Å². The fourth-order valence-electron chi connectivity index (χ4n) is 3.07. The van der Waals surface area contributed by atoms with Crippen molar-refractivity contribution in [2.75, 3.05) is 0 Å². The van der Waals surface area contributed by atoms with E-state index in [9.17, 15) is 9.59 Å². The topological polar surface area (TPSA) is 101 Å². The van der Waals surface area contributed by atoms with Gasteiger partial charge in [0.15, 0.2) is 10.6 Å². The molecule has 162 valence electrons. The maximum atomic E-state index is 12.9. The smallest absolute Gasteiger partial charge is 0.408 e. The summed E-state index contributed by atoms with van der Waals surface area (Å²) in [5, 5.41) is 12.4. The zero-order valence-electron chi connectivity index (χ0n) is 17.2. The van der Waals surface area contributed by atoms with Gasteiger partial charge in [0.05, 0.1) is 6.54 Å². The van der Waals surface area contributed by atoms with Gasteiger partial charge in [-0.25, -0.2) is 4.79 Å². The molecule has 0 aliphatic heterocycles. The molecule has 0 radical (unpaired) electrons. The number of ether oxygens (including phenoxy) is 1. The third-order valence-corrected chi connectivity index (χ3v) is 4.99. The second-order valence-electron chi connectivity index (χ2n) is 6.86. The summed E-state index contributed by atoms with van der Waals surface area (Å²) in [7, 11) is 0. The summed E-state index contributed by atoms with van der Waals surface area (Å²) >= 11 is 5.18. The van der Waals surface area contributed by atoms with Crippen LogP contribution < -0.4 is 10.6 Å². The second kappa shape index (κ2) is 11.1. The SMILES string of the molecule is CCn1c(CNC(=O)C(Cc2ccccc2)NC(=O)OCc2ccccc2)n[nH]c1=S. The maximum Gasteiger partial charge on any atom is 0.408 e. The largest absolute Gasteiger partial charge is 0.445 e. The van der Waals surface area contributed by atoms with Crippen molar-refractivity contribution in [3.05, 3.63) is 82.4 Å². The van der Waals surface area contributed by atoms with Gasteiger partial charge in [-0.3, -0.25) is 9.89 Å². The molecule has 31 heavy (non-hydrogen) atoms. The highest BCUT2D eigenvalue weighted by Gasteiger charge is 2.22. The quantitative estimate of drug-likeness (QED) is 0.445. The molecule has 1 atom stereocenters. The molecule has 1 heterocycles. The number of rotatable bonds is 9. The lowest BCUT2D eigenvalue weighted by molar-refractivity contribution is -0.123. The van der Waals surface area contributed by atoms with Crippen LogP contribution in [0.4, 0.5) is 4.79 Å². The van der Waals surface area contributed by atoms with Crippen LogP contribution in [0.5, 0.6) is 0 Å². The number of benzene rings is 2. The van der Waals surface area contributed by atoms with Crippen LogP contribution in [-0.2, 0) is 35.6 Å². The number of nitrogens with one attached hydrogen (secondary N) is 3. The molecular weight excluding hydrogens is 414 g/mol. The highest BCUT2D eigenvalue weighted by molar-refractivity contribution is 7.71. The summed E-state index contributed by atoms with van der Waals surface area (Å²) in [5.41, 5.74) is 1.78. The van der Waals surface area contributed by atoms with E-state index in [2.05, 4.69) is 20.8 Å². The van der Waals surface area contributed by atoms with Crippen molar-refractivity contribution in [2.24, 2.45) is 0 Å². The Labute approximate surface area is 185 Å². The minimum absolute atomic E-state index is 0.123. The maximum absolute atomic E-state index is 12.9. The van der Waals surface area contributed by atoms with E-state index >= 15 is 0 Å². The summed E-state index contributed by atoms with van der Waals surface area (Å²) in [5.74, 6) is 0.281. The molecule has 3 aromatic rings. The van der Waals surface area contributed by atoms with Crippen molar-refractivity contribution in [1.82, 2.24) is 25.4 Å². The summed E-state index contributed by atoms with van der Waals surface area (Å²) in [4.78, 5) is 25.2. The third kappa shape index (κ3) is 6.51. The summed E-state index contributed by atoms with van der Waals surface area (Å²) < 4.78 is 7.57. The molecular formula is C22H25N5O3S. The molecule has 0 saturated carbocycles. The van der Waals surface area contributed by atoms with Gasteiger partial charge in [0.2, 0.25) is 5.91 Å². The average molecular weight is 440 g/mol. The van der Waals surface area contributed by atoms with Gasteiger partial charge in [0.25, 0.3) is 0 Å². The number of alkyl carbamates (subject to hydrolysis) is 1. The fourth-order valence-corrected chi connectivity index (χ4v) is 3.35. The fraction of sp³-hybridized carbons (Fsp3) is 0.273. The number of amides is 2. The van der Waals surface area contributed by atoms with Crippen LogP contribution >= 0.6 is 12.2 Å². The molecule has 0 fully saturated rings. The predicted octanol–water partition coefficient (Wildman–Crippen LogP) is 3.11. The molecule has 0 saturated heterocycles. The lowest BCUT2D eigenvalue weighted by atomic mass is 10.1. The summed E-state index contributed by atoms with van der Waals surface area (Å²) in [6, 6.07) is 18.0. The van der Waals surface area contributed by atoms with Gasteiger partial charge in [-0.2, -0.15) is 5.10 Å². The van der Waals surface area contributed by atoms with Gasteiger partial charge >= 0.3 is 6.09 Å². The Hall–Kier alpha value is -3.46. The van der Waals surface area contributed by atoms with Crippen molar-refractivity contribution in [1.29, 1.82) is 0 Å². The predicted molar refractivity (Wildman–Crippen MR) is 119 cm³/mol. The second-order valence-corrected chi connectivity index (χ2v) is 7.24.